The van der Waals surface area contributed by atoms with Crippen molar-refractivity contribution >= 4 is 28.2 Å². The van der Waals surface area contributed by atoms with Crippen LogP contribution >= 0.6 is 11.6 Å². The summed E-state index contributed by atoms with van der Waals surface area (Å²) in [5, 5.41) is 5.54. The van der Waals surface area contributed by atoms with Gasteiger partial charge in [0.1, 0.15) is 0 Å². The van der Waals surface area contributed by atoms with Crippen LogP contribution in [0.1, 0.15) is 24.5 Å². The van der Waals surface area contributed by atoms with Crippen LogP contribution in [-0.2, 0) is 13.0 Å². The largest absolute Gasteiger partial charge is 0.381 e. The molecule has 21 heavy (non-hydrogen) atoms. The van der Waals surface area contributed by atoms with Crippen LogP contribution in [0.4, 0.5) is 5.69 Å². The van der Waals surface area contributed by atoms with Crippen molar-refractivity contribution in [3.63, 3.8) is 0 Å². The van der Waals surface area contributed by atoms with Gasteiger partial charge in [-0.05, 0) is 35.7 Å². The fourth-order valence-electron chi connectivity index (χ4n) is 2.68. The van der Waals surface area contributed by atoms with E-state index >= 15 is 0 Å². The van der Waals surface area contributed by atoms with E-state index in [1.165, 1.54) is 22.2 Å². The van der Waals surface area contributed by atoms with Crippen molar-refractivity contribution in [1.29, 1.82) is 0 Å². The zero-order valence-corrected chi connectivity index (χ0v) is 12.9. The van der Waals surface area contributed by atoms with Crippen LogP contribution in [0.25, 0.3) is 10.9 Å². The van der Waals surface area contributed by atoms with Crippen LogP contribution in [-0.4, -0.2) is 4.98 Å². The predicted octanol–water partition coefficient (Wildman–Crippen LogP) is 5.39. The quantitative estimate of drug-likeness (QED) is 0.650. The predicted molar refractivity (Wildman–Crippen MR) is 91.1 cm³/mol. The Bertz CT molecular complexity index is 746. The van der Waals surface area contributed by atoms with E-state index in [1.807, 2.05) is 12.1 Å². The molecule has 0 aliphatic carbocycles. The van der Waals surface area contributed by atoms with Gasteiger partial charge in [-0.2, -0.15) is 0 Å². The maximum absolute atomic E-state index is 6.02. The number of H-pyrrole nitrogens is 1. The smallest absolute Gasteiger partial charge is 0.0472 e. The fraction of sp³-hybridized carbons (Fsp3) is 0.222. The normalized spacial score (nSPS) is 11.0. The first-order valence-corrected chi connectivity index (χ1v) is 7.73. The molecule has 0 spiro atoms. The number of fused-ring (bicyclic) bond motifs is 1. The molecule has 0 amide bonds. The Balaban J connectivity index is 1.80. The number of anilines is 1. The Morgan fingerprint density at radius 2 is 1.95 bits per heavy atom. The highest BCUT2D eigenvalue weighted by Crippen LogP contribution is 2.24. The monoisotopic (exact) mass is 298 g/mol. The van der Waals surface area contributed by atoms with Gasteiger partial charge in [-0.1, -0.05) is 49.2 Å². The van der Waals surface area contributed by atoms with E-state index < -0.39 is 0 Å². The lowest BCUT2D eigenvalue weighted by Gasteiger charge is -2.11. The summed E-state index contributed by atoms with van der Waals surface area (Å²) in [6, 6.07) is 14.5. The number of rotatable bonds is 5. The number of benzene rings is 2. The molecule has 0 atom stereocenters. The lowest BCUT2D eigenvalue weighted by Crippen LogP contribution is -2.01. The summed E-state index contributed by atoms with van der Waals surface area (Å²) in [6.45, 7) is 3.02. The van der Waals surface area contributed by atoms with Gasteiger partial charge in [0.2, 0.25) is 0 Å². The minimum Gasteiger partial charge on any atom is -0.381 e. The Morgan fingerprint density at radius 3 is 2.81 bits per heavy atom. The molecule has 3 rings (SSSR count). The molecular formula is C18H19ClN2. The van der Waals surface area contributed by atoms with E-state index in [9.17, 15) is 0 Å². The summed E-state index contributed by atoms with van der Waals surface area (Å²) < 4.78 is 0. The Labute approximate surface area is 130 Å². The van der Waals surface area contributed by atoms with Crippen molar-refractivity contribution in [2.45, 2.75) is 26.3 Å². The maximum Gasteiger partial charge on any atom is 0.0472 e. The average Bonchev–Trinajstić information content (AvgIpc) is 2.89. The lowest BCUT2D eigenvalue weighted by molar-refractivity contribution is 0.920. The van der Waals surface area contributed by atoms with Crippen molar-refractivity contribution in [2.24, 2.45) is 0 Å². The summed E-state index contributed by atoms with van der Waals surface area (Å²) in [7, 11) is 0. The molecule has 3 aromatic rings. The van der Waals surface area contributed by atoms with Gasteiger partial charge in [0, 0.05) is 34.4 Å². The third-order valence-corrected chi connectivity index (χ3v) is 3.97. The molecule has 2 aromatic carbocycles. The highest BCUT2D eigenvalue weighted by molar-refractivity contribution is 6.31. The molecule has 0 radical (unpaired) electrons. The van der Waals surface area contributed by atoms with Crippen LogP contribution in [0.5, 0.6) is 0 Å². The second-order valence-corrected chi connectivity index (χ2v) is 5.70. The first-order chi connectivity index (χ1) is 10.3. The summed E-state index contributed by atoms with van der Waals surface area (Å²) in [4.78, 5) is 3.28. The van der Waals surface area contributed by atoms with Crippen molar-refractivity contribution in [2.75, 3.05) is 5.32 Å². The molecular weight excluding hydrogens is 280 g/mol. The summed E-state index contributed by atoms with van der Waals surface area (Å²) in [5.74, 6) is 0. The van der Waals surface area contributed by atoms with Gasteiger partial charge in [-0.25, -0.2) is 0 Å². The molecule has 0 fully saturated rings. The van der Waals surface area contributed by atoms with Gasteiger partial charge in [-0.15, -0.1) is 0 Å². The Kier molecular flexibility index (Phi) is 4.16. The molecule has 0 unspecified atom stereocenters. The highest BCUT2D eigenvalue weighted by Gasteiger charge is 2.05. The summed E-state index contributed by atoms with van der Waals surface area (Å²) in [5.41, 5.74) is 4.94. The fourth-order valence-corrected chi connectivity index (χ4v) is 2.85. The van der Waals surface area contributed by atoms with E-state index in [2.05, 4.69) is 53.8 Å². The van der Waals surface area contributed by atoms with Crippen LogP contribution in [0, 0.1) is 0 Å². The molecule has 2 nitrogen and oxygen atoms in total. The van der Waals surface area contributed by atoms with Gasteiger partial charge in [0.15, 0.2) is 0 Å². The number of halogens is 1. The molecule has 0 aliphatic heterocycles. The standard InChI is InChI=1S/C18H19ClN2/c1-2-5-13-6-3-4-7-17(13)20-11-14-12-21-18-10-15(19)8-9-16(14)18/h3-4,6-10,12,20-21H,2,5,11H2,1H3. The minimum atomic E-state index is 0.761. The Morgan fingerprint density at radius 1 is 1.10 bits per heavy atom. The Hall–Kier alpha value is -1.93. The second kappa shape index (κ2) is 6.23. The van der Waals surface area contributed by atoms with Crippen LogP contribution in [0.15, 0.2) is 48.7 Å². The minimum absolute atomic E-state index is 0.761. The number of para-hydroxylation sites is 1. The number of aromatic nitrogens is 1. The first kappa shape index (κ1) is 14.0. The first-order valence-electron chi connectivity index (χ1n) is 7.35. The second-order valence-electron chi connectivity index (χ2n) is 5.26. The third-order valence-electron chi connectivity index (χ3n) is 3.74. The van der Waals surface area contributed by atoms with Crippen LogP contribution in [0.2, 0.25) is 5.02 Å². The number of hydrogen-bond acceptors (Lipinski definition) is 1. The molecule has 0 bridgehead atoms. The number of aryl methyl sites for hydroxylation is 1. The lowest BCUT2D eigenvalue weighted by atomic mass is 10.1. The molecule has 1 aromatic heterocycles. The zero-order valence-electron chi connectivity index (χ0n) is 12.1. The maximum atomic E-state index is 6.02. The van der Waals surface area contributed by atoms with Crippen molar-refractivity contribution in [3.8, 4) is 0 Å². The zero-order chi connectivity index (χ0) is 14.7. The molecule has 1 heterocycles. The van der Waals surface area contributed by atoms with E-state index in [-0.39, 0.29) is 0 Å². The summed E-state index contributed by atoms with van der Waals surface area (Å²) >= 11 is 6.02. The number of hydrogen-bond donors (Lipinski definition) is 2. The van der Waals surface area contributed by atoms with Crippen molar-refractivity contribution in [1.82, 2.24) is 4.98 Å². The summed E-state index contributed by atoms with van der Waals surface area (Å²) in [6.07, 6.45) is 4.31. The van der Waals surface area contributed by atoms with Gasteiger partial charge in [0.05, 0.1) is 0 Å². The molecule has 3 heteroatoms. The van der Waals surface area contributed by atoms with E-state index in [4.69, 9.17) is 11.6 Å². The van der Waals surface area contributed by atoms with E-state index in [1.54, 1.807) is 0 Å². The van der Waals surface area contributed by atoms with E-state index in [0.717, 1.165) is 29.9 Å². The number of nitrogens with one attached hydrogen (secondary N) is 2. The SMILES string of the molecule is CCCc1ccccc1NCc1c[nH]c2cc(Cl)ccc12. The van der Waals surface area contributed by atoms with Gasteiger partial charge in [-0.3, -0.25) is 0 Å². The van der Waals surface area contributed by atoms with Crippen molar-refractivity contribution < 1.29 is 0 Å². The molecule has 0 aliphatic rings. The molecule has 2 N–H and O–H groups in total. The van der Waals surface area contributed by atoms with Crippen molar-refractivity contribution in [3.05, 3.63) is 64.8 Å². The number of aromatic amines is 1. The van der Waals surface area contributed by atoms with Crippen LogP contribution in [0.3, 0.4) is 0 Å². The van der Waals surface area contributed by atoms with Gasteiger partial charge < -0.3 is 10.3 Å². The van der Waals surface area contributed by atoms with Crippen LogP contribution < -0.4 is 5.32 Å². The topological polar surface area (TPSA) is 27.8 Å². The van der Waals surface area contributed by atoms with Gasteiger partial charge >= 0.3 is 0 Å². The molecule has 0 saturated heterocycles. The highest BCUT2D eigenvalue weighted by atomic mass is 35.5. The van der Waals surface area contributed by atoms with Gasteiger partial charge in [0.25, 0.3) is 0 Å². The van der Waals surface area contributed by atoms with E-state index in [0.29, 0.717) is 0 Å². The molecule has 108 valence electrons. The molecule has 0 saturated carbocycles. The third kappa shape index (κ3) is 3.06. The average molecular weight is 299 g/mol.